The lowest BCUT2D eigenvalue weighted by atomic mass is 9.94. The molecule has 0 amide bonds. The molecule has 0 saturated carbocycles. The summed E-state index contributed by atoms with van der Waals surface area (Å²) < 4.78 is 14.4. The van der Waals surface area contributed by atoms with Gasteiger partial charge in [0.25, 0.3) is 0 Å². The van der Waals surface area contributed by atoms with Crippen LogP contribution in [0.25, 0.3) is 16.5 Å². The lowest BCUT2D eigenvalue weighted by Crippen LogP contribution is -2.16. The first-order chi connectivity index (χ1) is 14.6. The average molecular weight is 400 g/mol. The van der Waals surface area contributed by atoms with Crippen LogP contribution in [0.5, 0.6) is 0 Å². The number of anilines is 2. The number of hydrogen-bond acceptors (Lipinski definition) is 6. The molecule has 0 fully saturated rings. The van der Waals surface area contributed by atoms with Crippen LogP contribution >= 0.6 is 0 Å². The van der Waals surface area contributed by atoms with Crippen LogP contribution in [0.2, 0.25) is 0 Å². The fourth-order valence-corrected chi connectivity index (χ4v) is 3.32. The zero-order valence-corrected chi connectivity index (χ0v) is 16.6. The fourth-order valence-electron chi connectivity index (χ4n) is 3.32. The topological polar surface area (TPSA) is 86.5 Å². The first-order valence-corrected chi connectivity index (χ1v) is 9.82. The Balaban J connectivity index is 1.52. The van der Waals surface area contributed by atoms with Crippen molar-refractivity contribution in [1.29, 1.82) is 5.26 Å². The summed E-state index contributed by atoms with van der Waals surface area (Å²) in [5, 5.41) is 16.3. The third-order valence-electron chi connectivity index (χ3n) is 4.87. The van der Waals surface area contributed by atoms with Crippen molar-refractivity contribution in [3.8, 4) is 6.07 Å². The number of rotatable bonds is 6. The van der Waals surface area contributed by atoms with E-state index in [-0.39, 0.29) is 11.7 Å². The van der Waals surface area contributed by atoms with E-state index >= 15 is 0 Å². The molecular formula is C23H21FN6. The number of benzene rings is 1. The Labute approximate surface area is 174 Å². The van der Waals surface area contributed by atoms with Gasteiger partial charge in [-0.1, -0.05) is 25.1 Å². The van der Waals surface area contributed by atoms with E-state index in [0.29, 0.717) is 48.1 Å². The van der Waals surface area contributed by atoms with Crippen molar-refractivity contribution in [2.24, 2.45) is 5.92 Å². The predicted octanol–water partition coefficient (Wildman–Crippen LogP) is 4.70. The van der Waals surface area contributed by atoms with Crippen LogP contribution in [0.3, 0.4) is 0 Å². The van der Waals surface area contributed by atoms with E-state index in [1.165, 1.54) is 12.3 Å². The molecule has 2 N–H and O–H groups in total. The van der Waals surface area contributed by atoms with E-state index in [1.807, 2.05) is 43.3 Å². The van der Waals surface area contributed by atoms with E-state index in [2.05, 4.69) is 25.6 Å². The second kappa shape index (κ2) is 8.70. The number of para-hydroxylation sites is 1. The van der Waals surface area contributed by atoms with Gasteiger partial charge in [0.2, 0.25) is 0 Å². The zero-order chi connectivity index (χ0) is 20.9. The molecule has 0 spiro atoms. The molecular weight excluding hydrogens is 379 g/mol. The van der Waals surface area contributed by atoms with Crippen LogP contribution in [0.1, 0.15) is 24.7 Å². The minimum atomic E-state index is -0.275. The van der Waals surface area contributed by atoms with Crippen molar-refractivity contribution < 1.29 is 4.39 Å². The molecule has 3 aromatic rings. The summed E-state index contributed by atoms with van der Waals surface area (Å²) in [4.78, 5) is 13.4. The number of nitrogens with zero attached hydrogens (tertiary/aromatic N) is 4. The molecule has 0 saturated heterocycles. The molecule has 0 radical (unpaired) electrons. The van der Waals surface area contributed by atoms with Crippen LogP contribution in [0, 0.1) is 17.2 Å². The van der Waals surface area contributed by atoms with Gasteiger partial charge in [-0.15, -0.1) is 0 Å². The maximum Gasteiger partial charge on any atom is 0.161 e. The van der Waals surface area contributed by atoms with Crippen LogP contribution in [0.15, 0.2) is 60.6 Å². The van der Waals surface area contributed by atoms with Crippen molar-refractivity contribution in [3.05, 3.63) is 72.0 Å². The third kappa shape index (κ3) is 4.28. The monoisotopic (exact) mass is 400 g/mol. The molecule has 0 unspecified atom stereocenters. The number of allylic oxidation sites excluding steroid dienone is 4. The highest BCUT2D eigenvalue weighted by atomic mass is 19.1. The van der Waals surface area contributed by atoms with Gasteiger partial charge in [0.15, 0.2) is 5.82 Å². The maximum absolute atomic E-state index is 14.4. The summed E-state index contributed by atoms with van der Waals surface area (Å²) in [6.45, 7) is 3.23. The zero-order valence-electron chi connectivity index (χ0n) is 16.6. The van der Waals surface area contributed by atoms with Crippen LogP contribution in [-0.2, 0) is 0 Å². The largest absolute Gasteiger partial charge is 0.368 e. The number of nitriles is 1. The highest BCUT2D eigenvalue weighted by Crippen LogP contribution is 2.32. The fraction of sp³-hybridized carbons (Fsp3) is 0.217. The van der Waals surface area contributed by atoms with Gasteiger partial charge in [-0.05, 0) is 42.7 Å². The lowest BCUT2D eigenvalue weighted by Gasteiger charge is -2.17. The van der Waals surface area contributed by atoms with E-state index in [0.717, 1.165) is 10.9 Å². The highest BCUT2D eigenvalue weighted by Gasteiger charge is 2.19. The number of pyridine rings is 1. The van der Waals surface area contributed by atoms with Gasteiger partial charge in [-0.25, -0.2) is 19.3 Å². The van der Waals surface area contributed by atoms with E-state index in [9.17, 15) is 4.39 Å². The number of fused-ring (bicyclic) bond motifs is 1. The Kier molecular flexibility index (Phi) is 5.66. The molecule has 0 bridgehead atoms. The quantitative estimate of drug-likeness (QED) is 0.584. The van der Waals surface area contributed by atoms with Gasteiger partial charge >= 0.3 is 0 Å². The smallest absolute Gasteiger partial charge is 0.161 e. The van der Waals surface area contributed by atoms with E-state index in [4.69, 9.17) is 5.26 Å². The van der Waals surface area contributed by atoms with Gasteiger partial charge in [-0.3, -0.25) is 0 Å². The summed E-state index contributed by atoms with van der Waals surface area (Å²) in [6, 6.07) is 13.2. The predicted molar refractivity (Wildman–Crippen MR) is 116 cm³/mol. The first kappa shape index (κ1) is 19.5. The summed E-state index contributed by atoms with van der Waals surface area (Å²) in [6.07, 6.45) is 5.47. The molecule has 6 nitrogen and oxygen atoms in total. The second-order valence-corrected chi connectivity index (χ2v) is 7.18. The molecule has 0 aliphatic heterocycles. The van der Waals surface area contributed by atoms with Crippen molar-refractivity contribution in [2.75, 3.05) is 23.7 Å². The molecule has 30 heavy (non-hydrogen) atoms. The number of hydrogen-bond donors (Lipinski definition) is 2. The SMILES string of the molecule is C[C@H]1C=CC(F)=C(c2nc(NCCNc3ccc(C#N)cn3)c3ccccc3n2)C1. The lowest BCUT2D eigenvalue weighted by molar-refractivity contribution is 0.632. The first-order valence-electron chi connectivity index (χ1n) is 9.82. The van der Waals surface area contributed by atoms with Crippen LogP contribution in [0.4, 0.5) is 16.0 Å². The number of aromatic nitrogens is 3. The van der Waals surface area contributed by atoms with Gasteiger partial charge < -0.3 is 10.6 Å². The second-order valence-electron chi connectivity index (χ2n) is 7.18. The molecule has 1 atom stereocenters. The molecule has 150 valence electrons. The third-order valence-corrected chi connectivity index (χ3v) is 4.87. The van der Waals surface area contributed by atoms with Crippen LogP contribution in [-0.4, -0.2) is 28.0 Å². The molecule has 4 rings (SSSR count). The minimum absolute atomic E-state index is 0.245. The van der Waals surface area contributed by atoms with Crippen molar-refractivity contribution in [1.82, 2.24) is 15.0 Å². The molecule has 2 aromatic heterocycles. The molecule has 1 aliphatic rings. The molecule has 2 heterocycles. The Hall–Kier alpha value is -3.79. The van der Waals surface area contributed by atoms with Gasteiger partial charge in [-0.2, -0.15) is 5.26 Å². The normalized spacial score (nSPS) is 15.8. The summed E-state index contributed by atoms with van der Waals surface area (Å²) in [5.74, 6) is 1.76. The molecule has 7 heteroatoms. The highest BCUT2D eigenvalue weighted by molar-refractivity contribution is 5.90. The Morgan fingerprint density at radius 1 is 1.13 bits per heavy atom. The van der Waals surface area contributed by atoms with Crippen molar-refractivity contribution in [2.45, 2.75) is 13.3 Å². The Morgan fingerprint density at radius 3 is 2.77 bits per heavy atom. The number of nitrogens with one attached hydrogen (secondary N) is 2. The number of halogens is 1. The Morgan fingerprint density at radius 2 is 1.97 bits per heavy atom. The van der Waals surface area contributed by atoms with Gasteiger partial charge in [0, 0.05) is 30.2 Å². The van der Waals surface area contributed by atoms with Gasteiger partial charge in [0.1, 0.15) is 23.5 Å². The Bertz CT molecular complexity index is 1160. The minimum Gasteiger partial charge on any atom is -0.368 e. The summed E-state index contributed by atoms with van der Waals surface area (Å²) in [5.41, 5.74) is 1.83. The summed E-state index contributed by atoms with van der Waals surface area (Å²) in [7, 11) is 0. The van der Waals surface area contributed by atoms with E-state index < -0.39 is 0 Å². The van der Waals surface area contributed by atoms with E-state index in [1.54, 1.807) is 12.1 Å². The van der Waals surface area contributed by atoms with Crippen LogP contribution < -0.4 is 10.6 Å². The standard InChI is InChI=1S/C23H21FN6/c1-15-6-8-19(24)18(12-15)23-29-20-5-3-2-4-17(20)22(30-23)27-11-10-26-21-9-7-16(13-25)14-28-21/h2-9,14-15H,10-12H2,1H3,(H,26,28)(H,27,29,30)/t15-/m0/s1. The molecule has 1 aromatic carbocycles. The summed E-state index contributed by atoms with van der Waals surface area (Å²) >= 11 is 0. The van der Waals surface area contributed by atoms with Gasteiger partial charge in [0.05, 0.1) is 11.1 Å². The van der Waals surface area contributed by atoms with Crippen molar-refractivity contribution >= 4 is 28.1 Å². The molecule has 1 aliphatic carbocycles. The maximum atomic E-state index is 14.4. The van der Waals surface area contributed by atoms with Crippen molar-refractivity contribution in [3.63, 3.8) is 0 Å². The average Bonchev–Trinajstić information content (AvgIpc) is 2.78.